The highest BCUT2D eigenvalue weighted by Gasteiger charge is 2.16. The second kappa shape index (κ2) is 5.56. The summed E-state index contributed by atoms with van der Waals surface area (Å²) in [5, 5.41) is 9.35. The lowest BCUT2D eigenvalue weighted by Gasteiger charge is -2.06. The van der Waals surface area contributed by atoms with Crippen LogP contribution in [-0.2, 0) is 4.79 Å². The number of nitrogens with one attached hydrogen (secondary N) is 1. The monoisotopic (exact) mass is 261 g/mol. The normalized spacial score (nSPS) is 10.6. The predicted octanol–water partition coefficient (Wildman–Crippen LogP) is 2.61. The summed E-state index contributed by atoms with van der Waals surface area (Å²) < 4.78 is 5.51. The number of aromatic amines is 1. The molecule has 0 aliphatic carbocycles. The quantitative estimate of drug-likeness (QED) is 0.783. The topological polar surface area (TPSA) is 79.4 Å². The molecule has 1 aromatic heterocycles. The first-order chi connectivity index (χ1) is 9.13. The Kier molecular flexibility index (Phi) is 3.85. The molecule has 5 heteroatoms. The number of carbonyl (C=O) groups is 2. The molecule has 0 aliphatic heterocycles. The minimum atomic E-state index is -0.974. The van der Waals surface area contributed by atoms with Crippen LogP contribution in [0, 0.1) is 0 Å². The fourth-order valence-electron chi connectivity index (χ4n) is 2.00. The summed E-state index contributed by atoms with van der Waals surface area (Å²) in [6, 6.07) is 5.49. The van der Waals surface area contributed by atoms with Crippen LogP contribution in [0.15, 0.2) is 24.4 Å². The summed E-state index contributed by atoms with van der Waals surface area (Å²) >= 11 is 0. The number of aromatic nitrogens is 1. The maximum atomic E-state index is 12.0. The third-order valence-corrected chi connectivity index (χ3v) is 2.83. The van der Waals surface area contributed by atoms with Crippen LogP contribution in [0.1, 0.15) is 30.1 Å². The van der Waals surface area contributed by atoms with Crippen LogP contribution in [0.3, 0.4) is 0 Å². The van der Waals surface area contributed by atoms with Crippen LogP contribution in [0.25, 0.3) is 10.9 Å². The Labute approximate surface area is 110 Å². The molecule has 0 aliphatic rings. The molecule has 0 saturated carbocycles. The SMILES string of the molecule is CCOc1cccc2[nH]cc(C(=O)CCC(=O)O)c12. The number of hydrogen-bond acceptors (Lipinski definition) is 3. The number of Topliss-reactive ketones (excluding diaryl/α,β-unsaturated/α-hetero) is 1. The van der Waals surface area contributed by atoms with Gasteiger partial charge in [0.2, 0.25) is 0 Å². The fourth-order valence-corrected chi connectivity index (χ4v) is 2.00. The van der Waals surface area contributed by atoms with Crippen molar-refractivity contribution < 1.29 is 19.4 Å². The second-order valence-electron chi connectivity index (χ2n) is 4.13. The standard InChI is InChI=1S/C14H15NO4/c1-2-19-12-5-3-4-10-14(12)9(8-15-10)11(16)6-7-13(17)18/h3-5,8,15H,2,6-7H2,1H3,(H,17,18). The summed E-state index contributed by atoms with van der Waals surface area (Å²) in [7, 11) is 0. The van der Waals surface area contributed by atoms with E-state index in [2.05, 4.69) is 4.98 Å². The maximum Gasteiger partial charge on any atom is 0.303 e. The van der Waals surface area contributed by atoms with Crippen molar-refractivity contribution in [3.8, 4) is 5.75 Å². The van der Waals surface area contributed by atoms with E-state index in [4.69, 9.17) is 9.84 Å². The Hall–Kier alpha value is -2.30. The number of fused-ring (bicyclic) bond motifs is 1. The van der Waals surface area contributed by atoms with Crippen molar-refractivity contribution in [1.82, 2.24) is 4.98 Å². The van der Waals surface area contributed by atoms with Crippen molar-refractivity contribution in [3.05, 3.63) is 30.0 Å². The third-order valence-electron chi connectivity index (χ3n) is 2.83. The van der Waals surface area contributed by atoms with Crippen LogP contribution in [-0.4, -0.2) is 28.4 Å². The summed E-state index contributed by atoms with van der Waals surface area (Å²) in [6.45, 7) is 2.38. The minimum absolute atomic E-state index is 0.0112. The van der Waals surface area contributed by atoms with E-state index in [0.717, 1.165) is 10.9 Å². The molecule has 5 nitrogen and oxygen atoms in total. The highest BCUT2D eigenvalue weighted by molar-refractivity contribution is 6.10. The summed E-state index contributed by atoms with van der Waals surface area (Å²) in [6.07, 6.45) is 1.43. The highest BCUT2D eigenvalue weighted by Crippen LogP contribution is 2.29. The Morgan fingerprint density at radius 1 is 1.32 bits per heavy atom. The van der Waals surface area contributed by atoms with Gasteiger partial charge in [-0.2, -0.15) is 0 Å². The van der Waals surface area contributed by atoms with Crippen LogP contribution in [0.5, 0.6) is 5.75 Å². The van der Waals surface area contributed by atoms with E-state index < -0.39 is 5.97 Å². The maximum absolute atomic E-state index is 12.0. The van der Waals surface area contributed by atoms with Crippen LogP contribution in [0.2, 0.25) is 0 Å². The van der Waals surface area contributed by atoms with Crippen LogP contribution in [0.4, 0.5) is 0 Å². The number of carboxylic acids is 1. The zero-order valence-electron chi connectivity index (χ0n) is 10.6. The number of ketones is 1. The molecule has 2 rings (SSSR count). The van der Waals surface area contributed by atoms with Gasteiger partial charge in [0.25, 0.3) is 0 Å². The molecule has 0 bridgehead atoms. The smallest absolute Gasteiger partial charge is 0.303 e. The molecule has 1 heterocycles. The van der Waals surface area contributed by atoms with Crippen molar-refractivity contribution in [2.75, 3.05) is 6.61 Å². The molecule has 0 atom stereocenters. The average molecular weight is 261 g/mol. The Bertz CT molecular complexity index is 615. The number of benzene rings is 1. The fraction of sp³-hybridized carbons (Fsp3) is 0.286. The first kappa shape index (κ1) is 13.1. The van der Waals surface area contributed by atoms with Crippen molar-refractivity contribution in [2.24, 2.45) is 0 Å². The number of ether oxygens (including phenoxy) is 1. The molecular formula is C14H15NO4. The van der Waals surface area contributed by atoms with Crippen molar-refractivity contribution in [3.63, 3.8) is 0 Å². The lowest BCUT2D eigenvalue weighted by atomic mass is 10.0. The van der Waals surface area contributed by atoms with Gasteiger partial charge in [-0.15, -0.1) is 0 Å². The van der Waals surface area contributed by atoms with Gasteiger partial charge in [-0.3, -0.25) is 9.59 Å². The Morgan fingerprint density at radius 2 is 2.11 bits per heavy atom. The van der Waals surface area contributed by atoms with Crippen molar-refractivity contribution >= 4 is 22.7 Å². The number of hydrogen-bond donors (Lipinski definition) is 2. The molecule has 0 radical (unpaired) electrons. The number of rotatable bonds is 6. The second-order valence-corrected chi connectivity index (χ2v) is 4.13. The van der Waals surface area contributed by atoms with Gasteiger partial charge in [-0.25, -0.2) is 0 Å². The molecule has 0 unspecified atom stereocenters. The molecule has 100 valence electrons. The van der Waals surface area contributed by atoms with E-state index in [1.807, 2.05) is 19.1 Å². The van der Waals surface area contributed by atoms with Crippen molar-refractivity contribution in [2.45, 2.75) is 19.8 Å². The molecule has 0 saturated heterocycles. The van der Waals surface area contributed by atoms with Gasteiger partial charge in [0.15, 0.2) is 5.78 Å². The Balaban J connectivity index is 2.37. The van der Waals surface area contributed by atoms with Crippen molar-refractivity contribution in [1.29, 1.82) is 0 Å². The molecule has 2 N–H and O–H groups in total. The van der Waals surface area contributed by atoms with E-state index in [-0.39, 0.29) is 18.6 Å². The van der Waals surface area contributed by atoms with E-state index in [1.165, 1.54) is 0 Å². The van der Waals surface area contributed by atoms with E-state index in [9.17, 15) is 9.59 Å². The Morgan fingerprint density at radius 3 is 2.79 bits per heavy atom. The third kappa shape index (κ3) is 2.76. The molecule has 19 heavy (non-hydrogen) atoms. The van der Waals surface area contributed by atoms with E-state index in [0.29, 0.717) is 17.9 Å². The predicted molar refractivity (Wildman–Crippen MR) is 70.7 cm³/mol. The summed E-state index contributed by atoms with van der Waals surface area (Å²) in [5.74, 6) is -0.529. The van der Waals surface area contributed by atoms with Gasteiger partial charge in [0, 0.05) is 23.7 Å². The van der Waals surface area contributed by atoms with Gasteiger partial charge < -0.3 is 14.8 Å². The van der Waals surface area contributed by atoms with Crippen LogP contribution < -0.4 is 4.74 Å². The van der Waals surface area contributed by atoms with Crippen LogP contribution >= 0.6 is 0 Å². The number of carbonyl (C=O) groups excluding carboxylic acids is 1. The lowest BCUT2D eigenvalue weighted by molar-refractivity contribution is -0.136. The summed E-state index contributed by atoms with van der Waals surface area (Å²) in [4.78, 5) is 25.6. The number of carboxylic acid groups (broad SMARTS) is 1. The molecule has 2 aromatic rings. The molecule has 0 amide bonds. The van der Waals surface area contributed by atoms with E-state index >= 15 is 0 Å². The van der Waals surface area contributed by atoms with Gasteiger partial charge >= 0.3 is 5.97 Å². The van der Waals surface area contributed by atoms with Gasteiger partial charge in [-0.1, -0.05) is 6.07 Å². The highest BCUT2D eigenvalue weighted by atomic mass is 16.5. The largest absolute Gasteiger partial charge is 0.493 e. The molecule has 0 fully saturated rings. The minimum Gasteiger partial charge on any atom is -0.493 e. The number of H-pyrrole nitrogens is 1. The zero-order valence-corrected chi connectivity index (χ0v) is 10.6. The van der Waals surface area contributed by atoms with Gasteiger partial charge in [0.05, 0.1) is 18.4 Å². The van der Waals surface area contributed by atoms with E-state index in [1.54, 1.807) is 12.3 Å². The first-order valence-corrected chi connectivity index (χ1v) is 6.11. The summed E-state index contributed by atoms with van der Waals surface area (Å²) in [5.41, 5.74) is 1.30. The first-order valence-electron chi connectivity index (χ1n) is 6.11. The zero-order chi connectivity index (χ0) is 13.8. The molecule has 0 spiro atoms. The molecular weight excluding hydrogens is 246 g/mol. The van der Waals surface area contributed by atoms with Gasteiger partial charge in [-0.05, 0) is 19.1 Å². The number of aliphatic carboxylic acids is 1. The lowest BCUT2D eigenvalue weighted by Crippen LogP contribution is -2.03. The average Bonchev–Trinajstić information content (AvgIpc) is 2.81. The molecule has 1 aromatic carbocycles. The van der Waals surface area contributed by atoms with Gasteiger partial charge in [0.1, 0.15) is 5.75 Å².